The van der Waals surface area contributed by atoms with Crippen molar-refractivity contribution in [2.45, 2.75) is 32.4 Å². The molecule has 2 aliphatic heterocycles. The van der Waals surface area contributed by atoms with Gasteiger partial charge < -0.3 is 9.64 Å². The van der Waals surface area contributed by atoms with Crippen LogP contribution in [0.25, 0.3) is 0 Å². The predicted molar refractivity (Wildman–Crippen MR) is 128 cm³/mol. The standard InChI is InChI=1S/C23H29N3O3.2ClH/c1-24-11-10-19-6-7-22(14-21(19)15-24)29-17-18-8-12-25(13-9-18)16-20-4-2-3-5-23(20)26(27)28;;/h2-7,14,18H,8-13,15-17H2,1H3;2*1H. The number of piperidine rings is 1. The molecule has 1 saturated heterocycles. The van der Waals surface area contributed by atoms with E-state index in [4.69, 9.17) is 4.74 Å². The molecule has 0 N–H and O–H groups in total. The van der Waals surface area contributed by atoms with E-state index >= 15 is 0 Å². The van der Waals surface area contributed by atoms with Gasteiger partial charge in [-0.3, -0.25) is 15.0 Å². The number of halogens is 2. The molecular formula is C23H31Cl2N3O3. The number of nitro benzene ring substituents is 1. The molecular weight excluding hydrogens is 437 g/mol. The van der Waals surface area contributed by atoms with E-state index in [1.807, 2.05) is 12.1 Å². The topological polar surface area (TPSA) is 58.8 Å². The number of hydrogen-bond donors (Lipinski definition) is 0. The van der Waals surface area contributed by atoms with E-state index < -0.39 is 0 Å². The molecule has 0 amide bonds. The number of likely N-dealkylation sites (tertiary alicyclic amines) is 1. The van der Waals surface area contributed by atoms with Gasteiger partial charge in [-0.2, -0.15) is 0 Å². The van der Waals surface area contributed by atoms with Gasteiger partial charge in [0.15, 0.2) is 0 Å². The molecule has 0 aliphatic carbocycles. The second-order valence-electron chi connectivity index (χ2n) is 8.33. The Hall–Kier alpha value is -1.86. The lowest BCUT2D eigenvalue weighted by atomic mass is 9.97. The van der Waals surface area contributed by atoms with Crippen molar-refractivity contribution in [1.82, 2.24) is 9.80 Å². The monoisotopic (exact) mass is 467 g/mol. The summed E-state index contributed by atoms with van der Waals surface area (Å²) in [6.07, 6.45) is 3.24. The highest BCUT2D eigenvalue weighted by Gasteiger charge is 2.22. The zero-order valence-electron chi connectivity index (χ0n) is 17.9. The van der Waals surface area contributed by atoms with Gasteiger partial charge in [0.25, 0.3) is 5.69 Å². The van der Waals surface area contributed by atoms with Crippen molar-refractivity contribution in [3.8, 4) is 5.75 Å². The van der Waals surface area contributed by atoms with Gasteiger partial charge in [0.1, 0.15) is 5.75 Å². The first-order valence-corrected chi connectivity index (χ1v) is 10.5. The van der Waals surface area contributed by atoms with Gasteiger partial charge in [0.2, 0.25) is 0 Å². The molecule has 0 unspecified atom stereocenters. The van der Waals surface area contributed by atoms with E-state index in [2.05, 4.69) is 35.0 Å². The van der Waals surface area contributed by atoms with Crippen LogP contribution in [-0.2, 0) is 19.5 Å². The Morgan fingerprint density at radius 1 is 1.06 bits per heavy atom. The summed E-state index contributed by atoms with van der Waals surface area (Å²) in [7, 11) is 2.16. The summed E-state index contributed by atoms with van der Waals surface area (Å²) in [5, 5.41) is 11.2. The minimum Gasteiger partial charge on any atom is -0.493 e. The molecule has 6 nitrogen and oxygen atoms in total. The van der Waals surface area contributed by atoms with Crippen molar-refractivity contribution in [2.24, 2.45) is 5.92 Å². The Bertz CT molecular complexity index is 873. The quantitative estimate of drug-likeness (QED) is 0.454. The summed E-state index contributed by atoms with van der Waals surface area (Å²) in [5.74, 6) is 1.51. The lowest BCUT2D eigenvalue weighted by molar-refractivity contribution is -0.385. The van der Waals surface area contributed by atoms with Crippen LogP contribution in [0.15, 0.2) is 42.5 Å². The molecule has 4 rings (SSSR count). The largest absolute Gasteiger partial charge is 0.493 e. The first-order chi connectivity index (χ1) is 14.1. The minimum absolute atomic E-state index is 0. The molecule has 0 spiro atoms. The number of benzene rings is 2. The fourth-order valence-electron chi connectivity index (χ4n) is 4.35. The maximum atomic E-state index is 11.2. The number of hydrogen-bond acceptors (Lipinski definition) is 5. The van der Waals surface area contributed by atoms with Crippen LogP contribution < -0.4 is 4.74 Å². The fraction of sp³-hybridized carbons (Fsp3) is 0.478. The minimum atomic E-state index is -0.285. The zero-order chi connectivity index (χ0) is 20.2. The molecule has 0 saturated carbocycles. The number of nitrogens with zero attached hydrogens (tertiary/aromatic N) is 3. The Morgan fingerprint density at radius 2 is 1.81 bits per heavy atom. The molecule has 2 aliphatic rings. The van der Waals surface area contributed by atoms with Crippen LogP contribution in [0, 0.1) is 16.0 Å². The van der Waals surface area contributed by atoms with Gasteiger partial charge in [0, 0.05) is 31.3 Å². The maximum Gasteiger partial charge on any atom is 0.273 e. The average molecular weight is 468 g/mol. The summed E-state index contributed by atoms with van der Waals surface area (Å²) in [6, 6.07) is 13.6. The van der Waals surface area contributed by atoms with Crippen LogP contribution in [0.5, 0.6) is 5.75 Å². The fourth-order valence-corrected chi connectivity index (χ4v) is 4.35. The number of nitro groups is 1. The van der Waals surface area contributed by atoms with Crippen LogP contribution in [0.1, 0.15) is 29.5 Å². The molecule has 0 aromatic heterocycles. The SMILES string of the molecule is CN1CCc2ccc(OCC3CCN(Cc4ccccc4[N+](=O)[O-])CC3)cc2C1.Cl.Cl. The van der Waals surface area contributed by atoms with Crippen LogP contribution in [-0.4, -0.2) is 48.0 Å². The van der Waals surface area contributed by atoms with Crippen LogP contribution in [0.2, 0.25) is 0 Å². The zero-order valence-corrected chi connectivity index (χ0v) is 19.5. The number of ether oxygens (including phenoxy) is 1. The van der Waals surface area contributed by atoms with Crippen LogP contribution in [0.4, 0.5) is 5.69 Å². The molecule has 1 fully saturated rings. The molecule has 0 bridgehead atoms. The number of para-hydroxylation sites is 1. The molecule has 2 aromatic rings. The average Bonchev–Trinajstić information content (AvgIpc) is 2.73. The summed E-state index contributed by atoms with van der Waals surface area (Å²) < 4.78 is 6.12. The lowest BCUT2D eigenvalue weighted by Gasteiger charge is -2.32. The van der Waals surface area contributed by atoms with Gasteiger partial charge in [0.05, 0.1) is 11.5 Å². The summed E-state index contributed by atoms with van der Waals surface area (Å²) in [4.78, 5) is 15.6. The Balaban J connectivity index is 0.00000171. The normalized spacial score (nSPS) is 17.2. The van der Waals surface area contributed by atoms with Crippen molar-refractivity contribution in [3.63, 3.8) is 0 Å². The van der Waals surface area contributed by atoms with Gasteiger partial charge in [-0.05, 0) is 68.6 Å². The van der Waals surface area contributed by atoms with E-state index in [1.54, 1.807) is 12.1 Å². The Morgan fingerprint density at radius 3 is 2.55 bits per heavy atom. The van der Waals surface area contributed by atoms with E-state index in [-0.39, 0.29) is 35.4 Å². The molecule has 0 atom stereocenters. The molecule has 170 valence electrons. The second kappa shape index (κ2) is 11.7. The highest BCUT2D eigenvalue weighted by atomic mass is 35.5. The summed E-state index contributed by atoms with van der Waals surface area (Å²) in [6.45, 7) is 5.41. The third kappa shape index (κ3) is 6.56. The first kappa shape index (κ1) is 25.4. The van der Waals surface area contributed by atoms with Gasteiger partial charge >= 0.3 is 0 Å². The Labute approximate surface area is 196 Å². The van der Waals surface area contributed by atoms with E-state index in [0.717, 1.165) is 63.4 Å². The van der Waals surface area contributed by atoms with Gasteiger partial charge in [-0.25, -0.2) is 0 Å². The number of likely N-dealkylation sites (N-methyl/N-ethyl adjacent to an activating group) is 1. The van der Waals surface area contributed by atoms with Crippen LogP contribution >= 0.6 is 24.8 Å². The predicted octanol–water partition coefficient (Wildman–Crippen LogP) is 4.72. The summed E-state index contributed by atoms with van der Waals surface area (Å²) in [5.41, 5.74) is 3.84. The lowest BCUT2D eigenvalue weighted by Crippen LogP contribution is -2.35. The van der Waals surface area contributed by atoms with Crippen molar-refractivity contribution in [3.05, 3.63) is 69.3 Å². The van der Waals surface area contributed by atoms with Crippen molar-refractivity contribution < 1.29 is 9.66 Å². The summed E-state index contributed by atoms with van der Waals surface area (Å²) >= 11 is 0. The van der Waals surface area contributed by atoms with Gasteiger partial charge in [-0.15, -0.1) is 24.8 Å². The molecule has 8 heteroatoms. The number of rotatable bonds is 6. The maximum absolute atomic E-state index is 11.2. The highest BCUT2D eigenvalue weighted by molar-refractivity contribution is 5.85. The van der Waals surface area contributed by atoms with Crippen molar-refractivity contribution >= 4 is 30.5 Å². The smallest absolute Gasteiger partial charge is 0.273 e. The number of fused-ring (bicyclic) bond motifs is 1. The van der Waals surface area contributed by atoms with E-state index in [9.17, 15) is 10.1 Å². The third-order valence-electron chi connectivity index (χ3n) is 6.16. The molecule has 31 heavy (non-hydrogen) atoms. The van der Waals surface area contributed by atoms with E-state index in [1.165, 1.54) is 11.1 Å². The first-order valence-electron chi connectivity index (χ1n) is 10.5. The van der Waals surface area contributed by atoms with Crippen LogP contribution in [0.3, 0.4) is 0 Å². The van der Waals surface area contributed by atoms with Crippen molar-refractivity contribution in [2.75, 3.05) is 33.3 Å². The van der Waals surface area contributed by atoms with E-state index in [0.29, 0.717) is 12.5 Å². The highest BCUT2D eigenvalue weighted by Crippen LogP contribution is 2.26. The van der Waals surface area contributed by atoms with Gasteiger partial charge in [-0.1, -0.05) is 24.3 Å². The molecule has 0 radical (unpaired) electrons. The molecule has 2 aromatic carbocycles. The molecule has 2 heterocycles. The van der Waals surface area contributed by atoms with Crippen molar-refractivity contribution in [1.29, 1.82) is 0 Å². The second-order valence-corrected chi connectivity index (χ2v) is 8.33. The Kier molecular flexibility index (Phi) is 9.56. The third-order valence-corrected chi connectivity index (χ3v) is 6.16.